The summed E-state index contributed by atoms with van der Waals surface area (Å²) in [6.45, 7) is 2.90. The maximum absolute atomic E-state index is 5.30. The molecule has 0 aromatic heterocycles. The predicted octanol–water partition coefficient (Wildman–Crippen LogP) is 1.46. The summed E-state index contributed by atoms with van der Waals surface area (Å²) >= 11 is -1.97. The SMILES string of the molecule is CCCC[O][Ti]([O]C)[O]C. The molecule has 0 aliphatic rings. The van der Waals surface area contributed by atoms with E-state index in [-0.39, 0.29) is 0 Å². The summed E-state index contributed by atoms with van der Waals surface area (Å²) in [5, 5.41) is 0. The molecule has 0 aliphatic heterocycles. The molecule has 0 aromatic carbocycles. The van der Waals surface area contributed by atoms with Crippen LogP contribution in [0.2, 0.25) is 0 Å². The van der Waals surface area contributed by atoms with Crippen LogP contribution < -0.4 is 0 Å². The normalized spacial score (nSPS) is 9.90. The first-order valence-corrected chi connectivity index (χ1v) is 5.34. The molecule has 0 radical (unpaired) electrons. The molecule has 0 rings (SSSR count). The third kappa shape index (κ3) is 5.38. The van der Waals surface area contributed by atoms with Gasteiger partial charge in [-0.2, -0.15) is 0 Å². The molecule has 0 saturated carbocycles. The van der Waals surface area contributed by atoms with Crippen LogP contribution in [-0.4, -0.2) is 20.8 Å². The molecule has 0 saturated heterocycles. The van der Waals surface area contributed by atoms with Gasteiger partial charge in [0.2, 0.25) is 0 Å². The van der Waals surface area contributed by atoms with Crippen LogP contribution in [0.25, 0.3) is 0 Å². The van der Waals surface area contributed by atoms with Gasteiger partial charge in [0.05, 0.1) is 0 Å². The van der Waals surface area contributed by atoms with E-state index >= 15 is 0 Å². The average molecular weight is 183 g/mol. The fourth-order valence-corrected chi connectivity index (χ4v) is 1.61. The standard InChI is InChI=1S/C4H9O.2CH3O.Ti/c1-2-3-4-5;2*1-2;/h2-4H2,1H3;2*1H3;/q3*-1;+3. The molecule has 3 nitrogen and oxygen atoms in total. The van der Waals surface area contributed by atoms with Gasteiger partial charge in [0, 0.05) is 0 Å². The number of hydrogen-bond acceptors (Lipinski definition) is 3. The Balaban J connectivity index is 3.09. The molecule has 0 heterocycles. The fourth-order valence-electron chi connectivity index (χ4n) is 0.501. The van der Waals surface area contributed by atoms with Gasteiger partial charge in [-0.25, -0.2) is 0 Å². The minimum absolute atomic E-state index is 0.771. The van der Waals surface area contributed by atoms with E-state index in [0.717, 1.165) is 19.4 Å². The van der Waals surface area contributed by atoms with Crippen molar-refractivity contribution in [3.05, 3.63) is 0 Å². The Morgan fingerprint density at radius 2 is 1.80 bits per heavy atom. The van der Waals surface area contributed by atoms with E-state index in [1.807, 2.05) is 0 Å². The second-order valence-electron chi connectivity index (χ2n) is 1.86. The van der Waals surface area contributed by atoms with E-state index in [1.165, 1.54) is 0 Å². The molecule has 0 atom stereocenters. The topological polar surface area (TPSA) is 27.7 Å². The van der Waals surface area contributed by atoms with E-state index in [4.69, 9.17) is 9.96 Å². The first kappa shape index (κ1) is 10.6. The zero-order valence-electron chi connectivity index (χ0n) is 6.85. The van der Waals surface area contributed by atoms with E-state index in [9.17, 15) is 0 Å². The van der Waals surface area contributed by atoms with E-state index < -0.39 is 19.0 Å². The van der Waals surface area contributed by atoms with Crippen molar-refractivity contribution in [1.82, 2.24) is 0 Å². The molecule has 0 bridgehead atoms. The summed E-state index contributed by atoms with van der Waals surface area (Å²) in [4.78, 5) is 0. The summed E-state index contributed by atoms with van der Waals surface area (Å²) in [5.41, 5.74) is 0. The van der Waals surface area contributed by atoms with Gasteiger partial charge in [0.15, 0.2) is 0 Å². The molecule has 0 unspecified atom stereocenters. The van der Waals surface area contributed by atoms with Gasteiger partial charge < -0.3 is 0 Å². The van der Waals surface area contributed by atoms with Crippen molar-refractivity contribution in [2.75, 3.05) is 20.8 Å². The van der Waals surface area contributed by atoms with Crippen molar-refractivity contribution in [1.29, 1.82) is 0 Å². The number of unbranched alkanes of at least 4 members (excludes halogenated alkanes) is 1. The third-order valence-corrected chi connectivity index (χ3v) is 2.78. The summed E-state index contributed by atoms with van der Waals surface area (Å²) in [6.07, 6.45) is 2.24. The molecule has 4 heteroatoms. The van der Waals surface area contributed by atoms with Gasteiger partial charge in [-0.05, 0) is 0 Å². The van der Waals surface area contributed by atoms with Crippen LogP contribution in [-0.2, 0) is 29.0 Å². The summed E-state index contributed by atoms with van der Waals surface area (Å²) in [5.74, 6) is 0. The van der Waals surface area contributed by atoms with E-state index in [0.29, 0.717) is 0 Å². The van der Waals surface area contributed by atoms with Crippen molar-refractivity contribution in [3.8, 4) is 0 Å². The van der Waals surface area contributed by atoms with Crippen LogP contribution in [0.5, 0.6) is 0 Å². The van der Waals surface area contributed by atoms with E-state index in [2.05, 4.69) is 6.92 Å². The third-order valence-electron chi connectivity index (χ3n) is 1.05. The quantitative estimate of drug-likeness (QED) is 0.460. The van der Waals surface area contributed by atoms with Crippen molar-refractivity contribution in [2.24, 2.45) is 0 Å². The van der Waals surface area contributed by atoms with Gasteiger partial charge in [0.25, 0.3) is 0 Å². The molecular weight excluding hydrogens is 168 g/mol. The van der Waals surface area contributed by atoms with Crippen LogP contribution >= 0.6 is 0 Å². The molecule has 0 aromatic rings. The molecule has 0 aliphatic carbocycles. The molecule has 61 valence electrons. The Morgan fingerprint density at radius 3 is 2.20 bits per heavy atom. The molecule has 10 heavy (non-hydrogen) atoms. The Morgan fingerprint density at radius 1 is 1.20 bits per heavy atom. The Kier molecular flexibility index (Phi) is 8.16. The van der Waals surface area contributed by atoms with Gasteiger partial charge in [0.1, 0.15) is 0 Å². The van der Waals surface area contributed by atoms with Gasteiger partial charge >= 0.3 is 69.6 Å². The Hall–Kier alpha value is 0.594. The van der Waals surface area contributed by atoms with Crippen molar-refractivity contribution >= 4 is 0 Å². The van der Waals surface area contributed by atoms with E-state index in [1.54, 1.807) is 14.2 Å². The van der Waals surface area contributed by atoms with Crippen LogP contribution in [0.15, 0.2) is 0 Å². The Bertz CT molecular complexity index is 66.0. The van der Waals surface area contributed by atoms with Crippen LogP contribution in [0.4, 0.5) is 0 Å². The van der Waals surface area contributed by atoms with Crippen molar-refractivity contribution in [2.45, 2.75) is 19.8 Å². The van der Waals surface area contributed by atoms with Gasteiger partial charge in [-0.1, -0.05) is 0 Å². The van der Waals surface area contributed by atoms with Crippen LogP contribution in [0, 0.1) is 0 Å². The molecular formula is C6H15O3Ti. The first-order valence-electron chi connectivity index (χ1n) is 3.42. The first-order chi connectivity index (χ1) is 4.85. The second-order valence-corrected chi connectivity index (χ2v) is 4.37. The molecule has 0 fully saturated rings. The van der Waals surface area contributed by atoms with Gasteiger partial charge in [-0.15, -0.1) is 0 Å². The summed E-state index contributed by atoms with van der Waals surface area (Å²) in [7, 11) is 3.26. The van der Waals surface area contributed by atoms with Crippen molar-refractivity contribution in [3.63, 3.8) is 0 Å². The predicted molar refractivity (Wildman–Crippen MR) is 34.9 cm³/mol. The zero-order chi connectivity index (χ0) is 7.82. The molecule has 0 amide bonds. The van der Waals surface area contributed by atoms with Crippen LogP contribution in [0.1, 0.15) is 19.8 Å². The monoisotopic (exact) mass is 183 g/mol. The number of rotatable bonds is 6. The van der Waals surface area contributed by atoms with Gasteiger partial charge in [-0.3, -0.25) is 0 Å². The maximum atomic E-state index is 5.30. The molecule has 0 N–H and O–H groups in total. The fraction of sp³-hybridized carbons (Fsp3) is 1.00. The Labute approximate surface area is 69.9 Å². The minimum atomic E-state index is -1.97. The second kappa shape index (κ2) is 7.70. The average Bonchev–Trinajstić information content (AvgIpc) is 1.99. The molecule has 0 spiro atoms. The number of hydrogen-bond donors (Lipinski definition) is 0. The van der Waals surface area contributed by atoms with Crippen molar-refractivity contribution < 1.29 is 29.0 Å². The van der Waals surface area contributed by atoms with Crippen LogP contribution in [0.3, 0.4) is 0 Å². The summed E-state index contributed by atoms with van der Waals surface area (Å²) in [6, 6.07) is 0. The zero-order valence-corrected chi connectivity index (χ0v) is 8.41. The summed E-state index contributed by atoms with van der Waals surface area (Å²) < 4.78 is 15.2.